The Balaban J connectivity index is 2.10. The van der Waals surface area contributed by atoms with E-state index in [4.69, 9.17) is 4.74 Å². The van der Waals surface area contributed by atoms with Gasteiger partial charge in [0.15, 0.2) is 0 Å². The summed E-state index contributed by atoms with van der Waals surface area (Å²) in [6.07, 6.45) is 0. The molecule has 0 saturated heterocycles. The van der Waals surface area contributed by atoms with Gasteiger partial charge in [0.1, 0.15) is 12.3 Å². The molecule has 1 heterocycles. The first-order valence-electron chi connectivity index (χ1n) is 6.48. The molecule has 0 atom stereocenters. The molecule has 20 heavy (non-hydrogen) atoms. The zero-order chi connectivity index (χ0) is 14.1. The number of rotatable bonds is 2. The van der Waals surface area contributed by atoms with Gasteiger partial charge in [-0.1, -0.05) is 18.2 Å². The van der Waals surface area contributed by atoms with Gasteiger partial charge in [0.2, 0.25) is 5.91 Å². The summed E-state index contributed by atoms with van der Waals surface area (Å²) in [6, 6.07) is 15.7. The van der Waals surface area contributed by atoms with E-state index < -0.39 is 0 Å². The van der Waals surface area contributed by atoms with Gasteiger partial charge in [0, 0.05) is 18.8 Å². The van der Waals surface area contributed by atoms with E-state index in [2.05, 4.69) is 0 Å². The highest BCUT2D eigenvalue weighted by atomic mass is 16.5. The number of carbonyl (C=O) groups excluding carboxylic acids is 1. The van der Waals surface area contributed by atoms with E-state index >= 15 is 0 Å². The molecule has 4 heteroatoms. The number of carbonyl (C=O) groups is 1. The third-order valence-electron chi connectivity index (χ3n) is 3.57. The summed E-state index contributed by atoms with van der Waals surface area (Å²) in [7, 11) is 3.45. The van der Waals surface area contributed by atoms with E-state index in [9.17, 15) is 4.79 Å². The maximum Gasteiger partial charge on any atom is 0.246 e. The van der Waals surface area contributed by atoms with Gasteiger partial charge >= 0.3 is 0 Å². The highest BCUT2D eigenvalue weighted by Gasteiger charge is 2.27. The molecule has 0 N–H and O–H groups in total. The first-order chi connectivity index (χ1) is 9.70. The van der Waals surface area contributed by atoms with Crippen LogP contribution < -0.4 is 14.5 Å². The van der Waals surface area contributed by atoms with Crippen LogP contribution in [0.1, 0.15) is 0 Å². The first kappa shape index (κ1) is 12.5. The van der Waals surface area contributed by atoms with Gasteiger partial charge in [-0.15, -0.1) is 0 Å². The summed E-state index contributed by atoms with van der Waals surface area (Å²) in [5, 5.41) is 0. The molecule has 0 bridgehead atoms. The largest absolute Gasteiger partial charge is 0.497 e. The predicted molar refractivity (Wildman–Crippen MR) is 79.9 cm³/mol. The molecule has 1 aliphatic heterocycles. The number of methoxy groups -OCH3 is 1. The van der Waals surface area contributed by atoms with Crippen LogP contribution in [0.5, 0.6) is 5.75 Å². The fourth-order valence-electron chi connectivity index (χ4n) is 2.45. The van der Waals surface area contributed by atoms with Crippen molar-refractivity contribution in [2.45, 2.75) is 0 Å². The van der Waals surface area contributed by atoms with Crippen LogP contribution in [0.3, 0.4) is 0 Å². The van der Waals surface area contributed by atoms with Crippen molar-refractivity contribution < 1.29 is 9.53 Å². The third kappa shape index (κ3) is 1.99. The summed E-state index contributed by atoms with van der Waals surface area (Å²) in [5.41, 5.74) is 2.91. The minimum Gasteiger partial charge on any atom is -0.497 e. The van der Waals surface area contributed by atoms with Crippen LogP contribution in [0.25, 0.3) is 0 Å². The fraction of sp³-hybridized carbons (Fsp3) is 0.188. The van der Waals surface area contributed by atoms with Crippen molar-refractivity contribution in [3.63, 3.8) is 0 Å². The Morgan fingerprint density at radius 2 is 1.80 bits per heavy atom. The summed E-state index contributed by atoms with van der Waals surface area (Å²) < 4.78 is 5.26. The van der Waals surface area contributed by atoms with Gasteiger partial charge in [-0.2, -0.15) is 0 Å². The van der Waals surface area contributed by atoms with Gasteiger partial charge in [0.05, 0.1) is 18.5 Å². The van der Waals surface area contributed by atoms with Crippen LogP contribution in [0.2, 0.25) is 0 Å². The summed E-state index contributed by atoms with van der Waals surface area (Å²) in [5.74, 6) is 0.859. The molecule has 1 amide bonds. The average Bonchev–Trinajstić information content (AvgIpc) is 2.51. The quantitative estimate of drug-likeness (QED) is 0.839. The molecule has 0 unspecified atom stereocenters. The number of nitrogens with zero attached hydrogens (tertiary/aromatic N) is 2. The van der Waals surface area contributed by atoms with E-state index in [-0.39, 0.29) is 5.91 Å². The molecule has 1 aliphatic rings. The lowest BCUT2D eigenvalue weighted by atomic mass is 10.1. The molecule has 0 radical (unpaired) electrons. The Morgan fingerprint density at radius 1 is 1.05 bits per heavy atom. The molecular formula is C16H16N2O2. The Labute approximate surface area is 118 Å². The van der Waals surface area contributed by atoms with Crippen molar-refractivity contribution in [3.05, 3.63) is 48.5 Å². The molecule has 0 saturated carbocycles. The maximum atomic E-state index is 12.1. The van der Waals surface area contributed by atoms with E-state index in [1.165, 1.54) is 0 Å². The van der Waals surface area contributed by atoms with Crippen LogP contribution in [0.4, 0.5) is 17.1 Å². The monoisotopic (exact) mass is 268 g/mol. The molecule has 2 aromatic rings. The average molecular weight is 268 g/mol. The van der Waals surface area contributed by atoms with Crippen molar-refractivity contribution in [1.82, 2.24) is 0 Å². The maximum absolute atomic E-state index is 12.1. The highest BCUT2D eigenvalue weighted by molar-refractivity contribution is 6.04. The van der Waals surface area contributed by atoms with Gasteiger partial charge in [-0.3, -0.25) is 4.79 Å². The molecule has 0 aromatic heterocycles. The Hall–Kier alpha value is -2.49. The molecule has 4 nitrogen and oxygen atoms in total. The van der Waals surface area contributed by atoms with Gasteiger partial charge < -0.3 is 14.5 Å². The number of amides is 1. The van der Waals surface area contributed by atoms with Crippen molar-refractivity contribution in [2.75, 3.05) is 30.5 Å². The molecule has 0 spiro atoms. The lowest BCUT2D eigenvalue weighted by Crippen LogP contribution is -2.41. The zero-order valence-electron chi connectivity index (χ0n) is 11.5. The zero-order valence-corrected chi connectivity index (χ0v) is 11.5. The normalized spacial score (nSPS) is 14.2. The highest BCUT2D eigenvalue weighted by Crippen LogP contribution is 2.37. The smallest absolute Gasteiger partial charge is 0.246 e. The number of para-hydroxylation sites is 2. The Morgan fingerprint density at radius 3 is 2.55 bits per heavy atom. The van der Waals surface area contributed by atoms with E-state index in [1.54, 1.807) is 12.0 Å². The standard InChI is InChI=1S/C16H16N2O2/c1-17-14-8-3-4-9-15(14)18(11-16(17)19)12-6-5-7-13(10-12)20-2/h3-10H,11H2,1-2H3. The van der Waals surface area contributed by atoms with Crippen molar-refractivity contribution >= 4 is 23.0 Å². The number of benzene rings is 2. The Bertz CT molecular complexity index is 654. The van der Waals surface area contributed by atoms with Crippen molar-refractivity contribution in [3.8, 4) is 5.75 Å². The summed E-state index contributed by atoms with van der Waals surface area (Å²) >= 11 is 0. The van der Waals surface area contributed by atoms with Crippen LogP contribution in [0.15, 0.2) is 48.5 Å². The predicted octanol–water partition coefficient (Wildman–Crippen LogP) is 2.81. The van der Waals surface area contributed by atoms with E-state index in [0.29, 0.717) is 6.54 Å². The molecule has 2 aromatic carbocycles. The van der Waals surface area contributed by atoms with Gasteiger partial charge in [-0.25, -0.2) is 0 Å². The van der Waals surface area contributed by atoms with Crippen molar-refractivity contribution in [2.24, 2.45) is 0 Å². The number of hydrogen-bond donors (Lipinski definition) is 0. The molecular weight excluding hydrogens is 252 g/mol. The van der Waals surface area contributed by atoms with E-state index in [0.717, 1.165) is 22.8 Å². The number of ether oxygens (including phenoxy) is 1. The van der Waals surface area contributed by atoms with Crippen LogP contribution in [0, 0.1) is 0 Å². The van der Waals surface area contributed by atoms with Gasteiger partial charge in [-0.05, 0) is 24.3 Å². The Kier molecular flexibility index (Phi) is 3.06. The second kappa shape index (κ2) is 4.89. The minimum absolute atomic E-state index is 0.0755. The molecule has 0 aliphatic carbocycles. The second-order valence-corrected chi connectivity index (χ2v) is 4.73. The summed E-state index contributed by atoms with van der Waals surface area (Å²) in [6.45, 7) is 0.334. The lowest BCUT2D eigenvalue weighted by Gasteiger charge is -2.35. The summed E-state index contributed by atoms with van der Waals surface area (Å²) in [4.78, 5) is 15.9. The van der Waals surface area contributed by atoms with Crippen LogP contribution in [-0.4, -0.2) is 26.6 Å². The fourth-order valence-corrected chi connectivity index (χ4v) is 2.45. The topological polar surface area (TPSA) is 32.8 Å². The molecule has 102 valence electrons. The first-order valence-corrected chi connectivity index (χ1v) is 6.48. The molecule has 3 rings (SSSR count). The number of fused-ring (bicyclic) bond motifs is 1. The van der Waals surface area contributed by atoms with E-state index in [1.807, 2.05) is 60.5 Å². The number of hydrogen-bond acceptors (Lipinski definition) is 3. The molecule has 0 fully saturated rings. The van der Waals surface area contributed by atoms with Crippen molar-refractivity contribution in [1.29, 1.82) is 0 Å². The second-order valence-electron chi connectivity index (χ2n) is 4.73. The number of anilines is 3. The third-order valence-corrected chi connectivity index (χ3v) is 3.57. The van der Waals surface area contributed by atoms with Crippen LogP contribution >= 0.6 is 0 Å². The van der Waals surface area contributed by atoms with Crippen LogP contribution in [-0.2, 0) is 4.79 Å². The SMILES string of the molecule is COc1cccc(N2CC(=O)N(C)c3ccccc32)c1. The van der Waals surface area contributed by atoms with Gasteiger partial charge in [0.25, 0.3) is 0 Å². The minimum atomic E-state index is 0.0755. The number of likely N-dealkylation sites (N-methyl/N-ethyl adjacent to an activating group) is 1. The lowest BCUT2D eigenvalue weighted by molar-refractivity contribution is -0.117.